The second-order valence-electron chi connectivity index (χ2n) is 4.95. The lowest BCUT2D eigenvalue weighted by molar-refractivity contribution is 0.0676. The number of rotatable bonds is 7. The summed E-state index contributed by atoms with van der Waals surface area (Å²) in [5.41, 5.74) is 0.378. The molecule has 1 N–H and O–H groups in total. The molecule has 7 nitrogen and oxygen atoms in total. The maximum atomic E-state index is 11.5. The Morgan fingerprint density at radius 3 is 2.38 bits per heavy atom. The summed E-state index contributed by atoms with van der Waals surface area (Å²) in [5.74, 6) is -0.773. The first-order valence-electron chi connectivity index (χ1n) is 7.06. The molecular weight excluding hydrogens is 316 g/mol. The lowest BCUT2D eigenvalue weighted by atomic mass is 10.0. The number of ketones is 1. The van der Waals surface area contributed by atoms with Crippen LogP contribution in [0.5, 0.6) is 11.5 Å². The zero-order valence-electron chi connectivity index (χ0n) is 13.8. The minimum Gasteiger partial charge on any atom is -0.493 e. The van der Waals surface area contributed by atoms with Crippen LogP contribution in [0.4, 0.5) is 0 Å². The standard InChI is InChI=1S/C17H18O7/c1-9(18)13-8-11(17(19)20)16(24-13)15(23-4)10-6-5-7-12(21-2)14(10)22-3/h5-8,15H,1-4H3,(H,19,20). The molecule has 1 heterocycles. The van der Waals surface area contributed by atoms with Crippen molar-refractivity contribution in [3.63, 3.8) is 0 Å². The van der Waals surface area contributed by atoms with Crippen molar-refractivity contribution >= 4 is 11.8 Å². The fraction of sp³-hybridized carbons (Fsp3) is 0.294. The van der Waals surface area contributed by atoms with E-state index in [1.165, 1.54) is 34.3 Å². The van der Waals surface area contributed by atoms with Gasteiger partial charge >= 0.3 is 5.97 Å². The predicted molar refractivity (Wildman–Crippen MR) is 84.1 cm³/mol. The van der Waals surface area contributed by atoms with Crippen molar-refractivity contribution in [2.24, 2.45) is 0 Å². The zero-order valence-corrected chi connectivity index (χ0v) is 13.8. The number of ether oxygens (including phenoxy) is 3. The molecule has 0 fully saturated rings. The van der Waals surface area contributed by atoms with Gasteiger partial charge in [0.2, 0.25) is 0 Å². The van der Waals surface area contributed by atoms with Crippen LogP contribution < -0.4 is 9.47 Å². The average molecular weight is 334 g/mol. The monoisotopic (exact) mass is 334 g/mol. The number of furan rings is 1. The highest BCUT2D eigenvalue weighted by Crippen LogP contribution is 2.40. The summed E-state index contributed by atoms with van der Waals surface area (Å²) in [6.45, 7) is 1.29. The van der Waals surface area contributed by atoms with Gasteiger partial charge in [0.25, 0.3) is 0 Å². The third-order valence-corrected chi connectivity index (χ3v) is 3.53. The van der Waals surface area contributed by atoms with E-state index in [0.717, 1.165) is 0 Å². The largest absolute Gasteiger partial charge is 0.493 e. The van der Waals surface area contributed by atoms with Crippen LogP contribution in [0.15, 0.2) is 28.7 Å². The van der Waals surface area contributed by atoms with Crippen molar-refractivity contribution in [2.45, 2.75) is 13.0 Å². The summed E-state index contributed by atoms with van der Waals surface area (Å²) in [6, 6.07) is 6.32. The molecule has 24 heavy (non-hydrogen) atoms. The SMILES string of the molecule is COc1cccc(C(OC)c2oc(C(C)=O)cc2C(=O)O)c1OC. The van der Waals surface area contributed by atoms with E-state index in [2.05, 4.69) is 0 Å². The zero-order chi connectivity index (χ0) is 17.9. The van der Waals surface area contributed by atoms with Crippen molar-refractivity contribution in [3.05, 3.63) is 46.9 Å². The first-order chi connectivity index (χ1) is 11.4. The second-order valence-corrected chi connectivity index (χ2v) is 4.95. The average Bonchev–Trinajstić information content (AvgIpc) is 3.01. The third-order valence-electron chi connectivity index (χ3n) is 3.53. The number of carboxylic acids is 1. The fourth-order valence-corrected chi connectivity index (χ4v) is 2.43. The van der Waals surface area contributed by atoms with Crippen molar-refractivity contribution in [3.8, 4) is 11.5 Å². The summed E-state index contributed by atoms with van der Waals surface area (Å²) < 4.78 is 21.5. The maximum absolute atomic E-state index is 11.5. The van der Waals surface area contributed by atoms with Crippen LogP contribution in [0, 0.1) is 0 Å². The first kappa shape index (κ1) is 17.6. The van der Waals surface area contributed by atoms with Gasteiger partial charge in [-0.2, -0.15) is 0 Å². The molecule has 2 rings (SSSR count). The van der Waals surface area contributed by atoms with Crippen LogP contribution in [-0.4, -0.2) is 38.2 Å². The second kappa shape index (κ2) is 7.18. The summed E-state index contributed by atoms with van der Waals surface area (Å²) in [4.78, 5) is 23.0. The van der Waals surface area contributed by atoms with Crippen LogP contribution >= 0.6 is 0 Å². The number of carbonyl (C=O) groups excluding carboxylic acids is 1. The van der Waals surface area contributed by atoms with E-state index in [4.69, 9.17) is 18.6 Å². The Kier molecular flexibility index (Phi) is 5.25. The van der Waals surface area contributed by atoms with Gasteiger partial charge < -0.3 is 23.7 Å². The molecule has 128 valence electrons. The number of hydrogen-bond acceptors (Lipinski definition) is 6. The molecule has 0 aliphatic rings. The molecule has 7 heteroatoms. The predicted octanol–water partition coefficient (Wildman–Crippen LogP) is 2.93. The number of carboxylic acid groups (broad SMARTS) is 1. The normalized spacial score (nSPS) is 11.8. The molecule has 1 atom stereocenters. The lowest BCUT2D eigenvalue weighted by Crippen LogP contribution is -2.10. The highest BCUT2D eigenvalue weighted by Gasteiger charge is 2.30. The van der Waals surface area contributed by atoms with E-state index in [0.29, 0.717) is 17.1 Å². The summed E-state index contributed by atoms with van der Waals surface area (Å²) in [6.07, 6.45) is -0.880. The van der Waals surface area contributed by atoms with Gasteiger partial charge in [-0.1, -0.05) is 12.1 Å². The summed E-state index contributed by atoms with van der Waals surface area (Å²) >= 11 is 0. The van der Waals surface area contributed by atoms with Gasteiger partial charge in [-0.25, -0.2) is 4.79 Å². The Morgan fingerprint density at radius 1 is 1.17 bits per heavy atom. The number of aromatic carboxylic acids is 1. The molecular formula is C17H18O7. The van der Waals surface area contributed by atoms with Crippen LogP contribution in [0.2, 0.25) is 0 Å². The molecule has 1 aromatic heterocycles. The topological polar surface area (TPSA) is 95.2 Å². The molecule has 0 saturated heterocycles. The van der Waals surface area contributed by atoms with Gasteiger partial charge in [-0.05, 0) is 6.07 Å². The number of hydrogen-bond donors (Lipinski definition) is 1. The van der Waals surface area contributed by atoms with Gasteiger partial charge in [0.05, 0.1) is 14.2 Å². The Hall–Kier alpha value is -2.80. The lowest BCUT2D eigenvalue weighted by Gasteiger charge is -2.19. The molecule has 0 aliphatic carbocycles. The molecule has 0 radical (unpaired) electrons. The van der Waals surface area contributed by atoms with E-state index >= 15 is 0 Å². The van der Waals surface area contributed by atoms with Crippen LogP contribution in [-0.2, 0) is 4.74 Å². The van der Waals surface area contributed by atoms with Crippen LogP contribution in [0.25, 0.3) is 0 Å². The van der Waals surface area contributed by atoms with Gasteiger partial charge in [-0.15, -0.1) is 0 Å². The first-order valence-corrected chi connectivity index (χ1v) is 7.06. The number of methoxy groups -OCH3 is 3. The molecule has 2 aromatic rings. The number of para-hydroxylation sites is 1. The number of Topliss-reactive ketones (excluding diaryl/α,β-unsaturated/α-hetero) is 1. The molecule has 0 saturated carbocycles. The molecule has 1 unspecified atom stereocenters. The van der Waals surface area contributed by atoms with E-state index in [9.17, 15) is 14.7 Å². The smallest absolute Gasteiger partial charge is 0.339 e. The highest BCUT2D eigenvalue weighted by atomic mass is 16.5. The van der Waals surface area contributed by atoms with E-state index in [1.54, 1.807) is 18.2 Å². The van der Waals surface area contributed by atoms with E-state index in [1.807, 2.05) is 0 Å². The Labute approximate surface area is 138 Å². The summed E-state index contributed by atoms with van der Waals surface area (Å²) in [5, 5.41) is 9.40. The van der Waals surface area contributed by atoms with Crippen LogP contribution in [0.3, 0.4) is 0 Å². The molecule has 0 bridgehead atoms. The van der Waals surface area contributed by atoms with Gasteiger partial charge in [0.15, 0.2) is 28.8 Å². The fourth-order valence-electron chi connectivity index (χ4n) is 2.43. The van der Waals surface area contributed by atoms with E-state index in [-0.39, 0.29) is 22.9 Å². The van der Waals surface area contributed by atoms with Gasteiger partial charge in [-0.3, -0.25) is 4.79 Å². The van der Waals surface area contributed by atoms with Gasteiger partial charge in [0.1, 0.15) is 11.7 Å². The van der Waals surface area contributed by atoms with Crippen molar-refractivity contribution in [1.82, 2.24) is 0 Å². The van der Waals surface area contributed by atoms with Crippen LogP contribution in [0.1, 0.15) is 45.3 Å². The van der Waals surface area contributed by atoms with E-state index < -0.39 is 12.1 Å². The Balaban J connectivity index is 2.65. The van der Waals surface area contributed by atoms with Crippen molar-refractivity contribution < 1.29 is 33.3 Å². The minimum absolute atomic E-state index is 0.0155. The molecule has 0 spiro atoms. The quantitative estimate of drug-likeness (QED) is 0.778. The Bertz CT molecular complexity index is 760. The molecule has 0 aliphatic heterocycles. The van der Waals surface area contributed by atoms with Crippen molar-refractivity contribution in [2.75, 3.05) is 21.3 Å². The van der Waals surface area contributed by atoms with Crippen molar-refractivity contribution in [1.29, 1.82) is 0 Å². The summed E-state index contributed by atoms with van der Waals surface area (Å²) in [7, 11) is 4.37. The Morgan fingerprint density at radius 2 is 1.88 bits per heavy atom. The maximum Gasteiger partial charge on any atom is 0.339 e. The molecule has 1 aromatic carbocycles. The highest BCUT2D eigenvalue weighted by molar-refractivity contribution is 5.96. The minimum atomic E-state index is -1.22. The van der Waals surface area contributed by atoms with Gasteiger partial charge in [0, 0.05) is 25.7 Å². The number of carbonyl (C=O) groups is 2. The third kappa shape index (κ3) is 3.11. The molecule has 0 amide bonds. The number of benzene rings is 1.